The van der Waals surface area contributed by atoms with Crippen molar-refractivity contribution >= 4 is 11.4 Å². The summed E-state index contributed by atoms with van der Waals surface area (Å²) < 4.78 is 5.60. The van der Waals surface area contributed by atoms with Crippen LogP contribution in [0.4, 0.5) is 11.4 Å². The Morgan fingerprint density at radius 3 is 2.81 bits per heavy atom. The van der Waals surface area contributed by atoms with E-state index < -0.39 is 0 Å². The number of aromatic nitrogens is 1. The third-order valence-corrected chi connectivity index (χ3v) is 3.34. The maximum atomic E-state index is 5.60. The van der Waals surface area contributed by atoms with Gasteiger partial charge in [0.15, 0.2) is 0 Å². The molecule has 2 N–H and O–H groups in total. The highest BCUT2D eigenvalue weighted by Gasteiger charge is 2.36. The monoisotopic (exact) mass is 221 g/mol. The minimum atomic E-state index is 0.00798. The van der Waals surface area contributed by atoms with Crippen LogP contribution in [0.3, 0.4) is 0 Å². The Bertz CT molecular complexity index is 369. The lowest BCUT2D eigenvalue weighted by Crippen LogP contribution is -2.41. The summed E-state index contributed by atoms with van der Waals surface area (Å²) in [6.07, 6.45) is 4.91. The lowest BCUT2D eigenvalue weighted by Gasteiger charge is -2.30. The first kappa shape index (κ1) is 11.2. The van der Waals surface area contributed by atoms with Gasteiger partial charge in [0.25, 0.3) is 0 Å². The largest absolute Gasteiger partial charge is 0.387 e. The van der Waals surface area contributed by atoms with Crippen LogP contribution in [0.15, 0.2) is 18.5 Å². The van der Waals surface area contributed by atoms with E-state index in [1.807, 2.05) is 19.4 Å². The number of anilines is 2. The molecule has 2 atom stereocenters. The van der Waals surface area contributed by atoms with Gasteiger partial charge < -0.3 is 15.4 Å². The van der Waals surface area contributed by atoms with Crippen molar-refractivity contribution in [2.45, 2.75) is 31.9 Å². The molecule has 1 aromatic rings. The molecule has 4 nitrogen and oxygen atoms in total. The predicted molar refractivity (Wildman–Crippen MR) is 65.8 cm³/mol. The molecule has 0 amide bonds. The quantitative estimate of drug-likeness (QED) is 0.820. The van der Waals surface area contributed by atoms with Crippen molar-refractivity contribution in [3.63, 3.8) is 0 Å². The Morgan fingerprint density at radius 2 is 2.19 bits per heavy atom. The van der Waals surface area contributed by atoms with E-state index in [1.54, 1.807) is 0 Å². The molecule has 0 radical (unpaired) electrons. The Labute approximate surface area is 96.4 Å². The molecule has 4 heteroatoms. The number of nitrogens with one attached hydrogen (secondary N) is 2. The van der Waals surface area contributed by atoms with Crippen molar-refractivity contribution in [1.29, 1.82) is 0 Å². The molecule has 0 saturated carbocycles. The van der Waals surface area contributed by atoms with Crippen LogP contribution in [0.25, 0.3) is 0 Å². The molecule has 16 heavy (non-hydrogen) atoms. The van der Waals surface area contributed by atoms with Crippen LogP contribution in [0.5, 0.6) is 0 Å². The summed E-state index contributed by atoms with van der Waals surface area (Å²) in [4.78, 5) is 4.19. The summed E-state index contributed by atoms with van der Waals surface area (Å²) >= 11 is 0. The van der Waals surface area contributed by atoms with E-state index in [1.165, 1.54) is 0 Å². The first-order chi connectivity index (χ1) is 7.64. The van der Waals surface area contributed by atoms with Crippen molar-refractivity contribution in [2.24, 2.45) is 0 Å². The zero-order valence-electron chi connectivity index (χ0n) is 10.1. The van der Waals surface area contributed by atoms with E-state index >= 15 is 0 Å². The fourth-order valence-electron chi connectivity index (χ4n) is 1.97. The highest BCUT2D eigenvalue weighted by molar-refractivity contribution is 5.55. The number of pyridine rings is 1. The van der Waals surface area contributed by atoms with Gasteiger partial charge in [-0.1, -0.05) is 0 Å². The summed E-state index contributed by atoms with van der Waals surface area (Å²) in [5, 5.41) is 6.60. The highest BCUT2D eigenvalue weighted by atomic mass is 16.5. The topological polar surface area (TPSA) is 46.2 Å². The number of rotatable bonds is 3. The molecule has 1 fully saturated rings. The van der Waals surface area contributed by atoms with Gasteiger partial charge in [-0.2, -0.15) is 0 Å². The lowest BCUT2D eigenvalue weighted by atomic mass is 9.94. The normalized spacial score (nSPS) is 29.1. The summed E-state index contributed by atoms with van der Waals surface area (Å²) in [6, 6.07) is 2.06. The van der Waals surface area contributed by atoms with Gasteiger partial charge in [-0.3, -0.25) is 4.98 Å². The third kappa shape index (κ3) is 2.11. The molecular weight excluding hydrogens is 202 g/mol. The third-order valence-electron chi connectivity index (χ3n) is 3.34. The first-order valence-electron chi connectivity index (χ1n) is 5.67. The van der Waals surface area contributed by atoms with E-state index in [4.69, 9.17) is 4.74 Å². The second kappa shape index (κ2) is 4.29. The van der Waals surface area contributed by atoms with Crippen molar-refractivity contribution in [3.8, 4) is 0 Å². The molecule has 1 aromatic heterocycles. The Balaban J connectivity index is 2.13. The molecule has 0 spiro atoms. The molecule has 88 valence electrons. The van der Waals surface area contributed by atoms with Gasteiger partial charge in [0.2, 0.25) is 0 Å². The molecular formula is C12H19N3O. The number of hydrogen-bond donors (Lipinski definition) is 2. The standard InChI is InChI=1S/C12H19N3O/c1-9-12(2,4-5-16-9)15-11-6-10(13-3)7-14-8-11/h6-9,13,15H,4-5H2,1-3H3. The van der Waals surface area contributed by atoms with Crippen LogP contribution in [0.1, 0.15) is 20.3 Å². The lowest BCUT2D eigenvalue weighted by molar-refractivity contribution is 0.105. The van der Waals surface area contributed by atoms with Crippen LogP contribution >= 0.6 is 0 Å². The number of nitrogens with zero attached hydrogens (tertiary/aromatic N) is 1. The molecule has 2 heterocycles. The second-order valence-corrected chi connectivity index (χ2v) is 4.52. The molecule has 0 bridgehead atoms. The highest BCUT2D eigenvalue weighted by Crippen LogP contribution is 2.29. The fraction of sp³-hybridized carbons (Fsp3) is 0.583. The Hall–Kier alpha value is -1.29. The smallest absolute Gasteiger partial charge is 0.0774 e. The summed E-state index contributed by atoms with van der Waals surface area (Å²) in [7, 11) is 1.89. The molecule has 2 rings (SSSR count). The van der Waals surface area contributed by atoms with Crippen LogP contribution in [-0.4, -0.2) is 30.3 Å². The van der Waals surface area contributed by atoms with E-state index in [2.05, 4.69) is 35.5 Å². The maximum absolute atomic E-state index is 5.60. The number of hydrogen-bond acceptors (Lipinski definition) is 4. The van der Waals surface area contributed by atoms with Gasteiger partial charge >= 0.3 is 0 Å². The van der Waals surface area contributed by atoms with Crippen LogP contribution in [-0.2, 0) is 4.74 Å². The fourth-order valence-corrected chi connectivity index (χ4v) is 1.97. The van der Waals surface area contributed by atoms with Crippen molar-refractivity contribution in [2.75, 3.05) is 24.3 Å². The molecule has 0 aromatic carbocycles. The minimum Gasteiger partial charge on any atom is -0.387 e. The van der Waals surface area contributed by atoms with Crippen LogP contribution < -0.4 is 10.6 Å². The van der Waals surface area contributed by atoms with Gasteiger partial charge in [0, 0.05) is 13.7 Å². The van der Waals surface area contributed by atoms with Crippen LogP contribution in [0.2, 0.25) is 0 Å². The molecule has 1 aliphatic heterocycles. The Kier molecular flexibility index (Phi) is 3.01. The van der Waals surface area contributed by atoms with E-state index in [0.29, 0.717) is 0 Å². The van der Waals surface area contributed by atoms with Crippen molar-refractivity contribution < 1.29 is 4.74 Å². The zero-order chi connectivity index (χ0) is 11.6. The SMILES string of the molecule is CNc1cncc(NC2(C)CCOC2C)c1. The summed E-state index contributed by atoms with van der Waals surface area (Å²) in [5.41, 5.74) is 2.06. The van der Waals surface area contributed by atoms with Crippen molar-refractivity contribution in [1.82, 2.24) is 4.98 Å². The van der Waals surface area contributed by atoms with E-state index in [-0.39, 0.29) is 11.6 Å². The molecule has 1 aliphatic rings. The second-order valence-electron chi connectivity index (χ2n) is 4.52. The van der Waals surface area contributed by atoms with Gasteiger partial charge in [0.05, 0.1) is 35.4 Å². The number of ether oxygens (including phenoxy) is 1. The molecule has 0 aliphatic carbocycles. The predicted octanol–water partition coefficient (Wildman–Crippen LogP) is 2.10. The van der Waals surface area contributed by atoms with Crippen LogP contribution in [0, 0.1) is 0 Å². The van der Waals surface area contributed by atoms with Gasteiger partial charge in [0.1, 0.15) is 0 Å². The maximum Gasteiger partial charge on any atom is 0.0774 e. The van der Waals surface area contributed by atoms with Gasteiger partial charge in [-0.05, 0) is 26.3 Å². The molecule has 1 saturated heterocycles. The van der Waals surface area contributed by atoms with E-state index in [0.717, 1.165) is 24.4 Å². The van der Waals surface area contributed by atoms with Crippen molar-refractivity contribution in [3.05, 3.63) is 18.5 Å². The Morgan fingerprint density at radius 1 is 1.44 bits per heavy atom. The summed E-state index contributed by atoms with van der Waals surface area (Å²) in [6.45, 7) is 5.12. The van der Waals surface area contributed by atoms with E-state index in [9.17, 15) is 0 Å². The van der Waals surface area contributed by atoms with Gasteiger partial charge in [-0.15, -0.1) is 0 Å². The summed E-state index contributed by atoms with van der Waals surface area (Å²) in [5.74, 6) is 0. The minimum absolute atomic E-state index is 0.00798. The zero-order valence-corrected chi connectivity index (χ0v) is 10.1. The molecule has 2 unspecified atom stereocenters. The van der Waals surface area contributed by atoms with Gasteiger partial charge in [-0.25, -0.2) is 0 Å². The first-order valence-corrected chi connectivity index (χ1v) is 5.67. The average Bonchev–Trinajstić information content (AvgIpc) is 2.59. The average molecular weight is 221 g/mol.